The highest BCUT2D eigenvalue weighted by atomic mass is 32.1. The first-order valence-electron chi connectivity index (χ1n) is 5.57. The Labute approximate surface area is 112 Å². The quantitative estimate of drug-likeness (QED) is 0.905. The number of benzene rings is 1. The van der Waals surface area contributed by atoms with Crippen molar-refractivity contribution in [1.29, 1.82) is 0 Å². The number of amides is 1. The van der Waals surface area contributed by atoms with Crippen LogP contribution < -0.4 is 10.1 Å². The van der Waals surface area contributed by atoms with Crippen molar-refractivity contribution in [3.63, 3.8) is 0 Å². The van der Waals surface area contributed by atoms with Gasteiger partial charge in [-0.05, 0) is 35.9 Å². The Bertz CT molecular complexity index is 532. The molecule has 0 radical (unpaired) electrons. The van der Waals surface area contributed by atoms with Crippen LogP contribution in [0.2, 0.25) is 0 Å². The number of nitrogens with zero attached hydrogens (tertiary/aromatic N) is 3. The first-order valence-corrected chi connectivity index (χ1v) is 6.34. The van der Waals surface area contributed by atoms with Crippen LogP contribution in [0.15, 0.2) is 24.3 Å². The number of ether oxygens (including phenoxy) is 1. The Balaban J connectivity index is 1.99. The van der Waals surface area contributed by atoms with Crippen LogP contribution in [-0.2, 0) is 4.79 Å². The van der Waals surface area contributed by atoms with Crippen molar-refractivity contribution in [2.45, 2.75) is 19.4 Å². The average Bonchev–Trinajstić information content (AvgIpc) is 2.90. The molecule has 0 aliphatic heterocycles. The molecule has 0 fully saturated rings. The summed E-state index contributed by atoms with van der Waals surface area (Å²) in [5.74, 6) is -0.269. The number of halogens is 1. The summed E-state index contributed by atoms with van der Waals surface area (Å²) in [4.78, 5) is 11.9. The molecule has 0 saturated carbocycles. The monoisotopic (exact) mass is 282 g/mol. The van der Waals surface area contributed by atoms with Crippen LogP contribution in [-0.4, -0.2) is 26.8 Å². The van der Waals surface area contributed by atoms with Gasteiger partial charge in [0.15, 0.2) is 6.10 Å². The number of nitrogens with one attached hydrogen (secondary N) is 1. The SMILES string of the molecule is CCC(Oc1ccc(F)cc1)C(=O)Nc1nnns1. The minimum absolute atomic E-state index is 0.311. The molecule has 1 N–H and O–H groups in total. The van der Waals surface area contributed by atoms with E-state index in [1.54, 1.807) is 0 Å². The summed E-state index contributed by atoms with van der Waals surface area (Å²) in [7, 11) is 0. The van der Waals surface area contributed by atoms with Crippen LogP contribution in [0.4, 0.5) is 9.52 Å². The molecule has 0 aliphatic rings. The molecule has 100 valence electrons. The number of carbonyl (C=O) groups excluding carboxylic acids is 1. The lowest BCUT2D eigenvalue weighted by molar-refractivity contribution is -0.122. The molecule has 2 aromatic rings. The number of hydrogen-bond acceptors (Lipinski definition) is 6. The topological polar surface area (TPSA) is 77.0 Å². The van der Waals surface area contributed by atoms with Gasteiger partial charge in [0.2, 0.25) is 5.13 Å². The average molecular weight is 282 g/mol. The largest absolute Gasteiger partial charge is 0.481 e. The molecule has 1 heterocycles. The number of rotatable bonds is 5. The van der Waals surface area contributed by atoms with Crippen LogP contribution in [0, 0.1) is 5.82 Å². The highest BCUT2D eigenvalue weighted by Crippen LogP contribution is 2.15. The molecular weight excluding hydrogens is 271 g/mol. The molecule has 0 spiro atoms. The first kappa shape index (κ1) is 13.3. The van der Waals surface area contributed by atoms with Crippen molar-refractivity contribution >= 4 is 22.6 Å². The maximum absolute atomic E-state index is 12.8. The Kier molecular flexibility index (Phi) is 4.35. The zero-order valence-electron chi connectivity index (χ0n) is 10.0. The van der Waals surface area contributed by atoms with Crippen molar-refractivity contribution < 1.29 is 13.9 Å². The van der Waals surface area contributed by atoms with Gasteiger partial charge in [-0.1, -0.05) is 16.5 Å². The van der Waals surface area contributed by atoms with Crippen LogP contribution in [0.25, 0.3) is 0 Å². The van der Waals surface area contributed by atoms with E-state index in [4.69, 9.17) is 4.74 Å². The zero-order chi connectivity index (χ0) is 13.7. The Morgan fingerprint density at radius 3 is 2.79 bits per heavy atom. The summed E-state index contributed by atoms with van der Waals surface area (Å²) >= 11 is 0.978. The molecule has 6 nitrogen and oxygen atoms in total. The maximum atomic E-state index is 12.8. The van der Waals surface area contributed by atoms with Crippen LogP contribution in [0.1, 0.15) is 13.3 Å². The maximum Gasteiger partial charge on any atom is 0.267 e. The van der Waals surface area contributed by atoms with Gasteiger partial charge in [-0.15, -0.1) is 0 Å². The van der Waals surface area contributed by atoms with E-state index in [1.807, 2.05) is 6.92 Å². The molecule has 0 aliphatic carbocycles. The van der Waals surface area contributed by atoms with E-state index in [9.17, 15) is 9.18 Å². The molecule has 8 heteroatoms. The van der Waals surface area contributed by atoms with Gasteiger partial charge in [-0.3, -0.25) is 10.1 Å². The summed E-state index contributed by atoms with van der Waals surface area (Å²) in [6, 6.07) is 5.48. The predicted molar refractivity (Wildman–Crippen MR) is 67.4 cm³/mol. The van der Waals surface area contributed by atoms with Gasteiger partial charge in [0.05, 0.1) is 0 Å². The lowest BCUT2D eigenvalue weighted by Crippen LogP contribution is -2.32. The Hall–Kier alpha value is -2.09. The summed E-state index contributed by atoms with van der Waals surface area (Å²) in [5.41, 5.74) is 0. The van der Waals surface area contributed by atoms with E-state index < -0.39 is 6.10 Å². The Morgan fingerprint density at radius 1 is 1.47 bits per heavy atom. The highest BCUT2D eigenvalue weighted by molar-refractivity contribution is 7.09. The molecule has 0 bridgehead atoms. The molecule has 1 unspecified atom stereocenters. The summed E-state index contributed by atoms with van der Waals surface area (Å²) in [5, 5.41) is 9.85. The lowest BCUT2D eigenvalue weighted by Gasteiger charge is -2.16. The van der Waals surface area contributed by atoms with Gasteiger partial charge in [0.25, 0.3) is 5.91 Å². The second-order valence-corrected chi connectivity index (χ2v) is 4.36. The van der Waals surface area contributed by atoms with E-state index in [-0.39, 0.29) is 11.7 Å². The van der Waals surface area contributed by atoms with Gasteiger partial charge >= 0.3 is 0 Å². The van der Waals surface area contributed by atoms with Gasteiger partial charge in [0, 0.05) is 11.5 Å². The van der Waals surface area contributed by atoms with E-state index in [0.29, 0.717) is 17.3 Å². The standard InChI is InChI=1S/C11H11FN4O2S/c1-2-9(10(17)13-11-14-15-16-19-11)18-8-5-3-7(12)4-6-8/h3-6,9H,2H2,1H3,(H,13,14,16,17). The minimum atomic E-state index is -0.686. The molecule has 1 aromatic carbocycles. The van der Waals surface area contributed by atoms with Crippen LogP contribution in [0.5, 0.6) is 5.75 Å². The molecule has 1 amide bonds. The number of carbonyl (C=O) groups is 1. The van der Waals surface area contributed by atoms with Gasteiger partial charge < -0.3 is 4.74 Å². The highest BCUT2D eigenvalue weighted by Gasteiger charge is 2.19. The van der Waals surface area contributed by atoms with Crippen molar-refractivity contribution in [3.8, 4) is 5.75 Å². The minimum Gasteiger partial charge on any atom is -0.481 e. The fourth-order valence-electron chi connectivity index (χ4n) is 1.37. The molecule has 2 rings (SSSR count). The fraction of sp³-hybridized carbons (Fsp3) is 0.273. The fourth-order valence-corrected chi connectivity index (χ4v) is 1.74. The van der Waals surface area contributed by atoms with E-state index >= 15 is 0 Å². The van der Waals surface area contributed by atoms with Crippen molar-refractivity contribution in [3.05, 3.63) is 30.1 Å². The zero-order valence-corrected chi connectivity index (χ0v) is 10.9. The second-order valence-electron chi connectivity index (χ2n) is 3.63. The molecule has 1 aromatic heterocycles. The van der Waals surface area contributed by atoms with E-state index in [2.05, 4.69) is 20.1 Å². The summed E-state index contributed by atoms with van der Waals surface area (Å²) < 4.78 is 21.8. The number of anilines is 1. The second kappa shape index (κ2) is 6.19. The number of hydrogen-bond donors (Lipinski definition) is 1. The van der Waals surface area contributed by atoms with Crippen molar-refractivity contribution in [2.75, 3.05) is 5.32 Å². The first-order chi connectivity index (χ1) is 9.19. The molecule has 1 atom stereocenters. The third-order valence-electron chi connectivity index (χ3n) is 2.28. The normalized spacial score (nSPS) is 11.9. The third kappa shape index (κ3) is 3.68. The predicted octanol–water partition coefficient (Wildman–Crippen LogP) is 1.87. The molecule has 19 heavy (non-hydrogen) atoms. The Morgan fingerprint density at radius 2 is 2.21 bits per heavy atom. The lowest BCUT2D eigenvalue weighted by atomic mass is 10.2. The molecule has 0 saturated heterocycles. The summed E-state index contributed by atoms with van der Waals surface area (Å²) in [6.45, 7) is 1.81. The van der Waals surface area contributed by atoms with Gasteiger partial charge in [-0.2, -0.15) is 0 Å². The van der Waals surface area contributed by atoms with Gasteiger partial charge in [0.1, 0.15) is 11.6 Å². The van der Waals surface area contributed by atoms with Crippen molar-refractivity contribution in [2.24, 2.45) is 0 Å². The third-order valence-corrected chi connectivity index (χ3v) is 2.80. The van der Waals surface area contributed by atoms with E-state index in [1.165, 1.54) is 24.3 Å². The smallest absolute Gasteiger partial charge is 0.267 e. The van der Waals surface area contributed by atoms with Gasteiger partial charge in [-0.25, -0.2) is 4.39 Å². The van der Waals surface area contributed by atoms with Crippen LogP contribution in [0.3, 0.4) is 0 Å². The molecular formula is C11H11FN4O2S. The van der Waals surface area contributed by atoms with Crippen LogP contribution >= 0.6 is 11.5 Å². The van der Waals surface area contributed by atoms with Crippen molar-refractivity contribution in [1.82, 2.24) is 14.8 Å². The summed E-state index contributed by atoms with van der Waals surface area (Å²) in [6.07, 6.45) is -0.218. The number of aromatic nitrogens is 3. The van der Waals surface area contributed by atoms with E-state index in [0.717, 1.165) is 11.5 Å².